The van der Waals surface area contributed by atoms with Crippen molar-refractivity contribution in [1.29, 1.82) is 0 Å². The number of likely N-dealkylation sites (tertiary alicyclic amines) is 1. The summed E-state index contributed by atoms with van der Waals surface area (Å²) in [5.74, 6) is 0. The van der Waals surface area contributed by atoms with E-state index in [0.717, 1.165) is 32.6 Å². The number of aliphatic hydroxyl groups excluding tert-OH is 1. The van der Waals surface area contributed by atoms with Gasteiger partial charge in [0.2, 0.25) is 0 Å². The lowest BCUT2D eigenvalue weighted by molar-refractivity contribution is 0.0413. The van der Waals surface area contributed by atoms with E-state index in [1.54, 1.807) is 0 Å². The average Bonchev–Trinajstić information content (AvgIpc) is 2.39. The first-order chi connectivity index (χ1) is 8.79. The highest BCUT2D eigenvalue weighted by molar-refractivity contribution is 5.14. The van der Waals surface area contributed by atoms with Crippen LogP contribution >= 0.6 is 0 Å². The number of nitrogens with zero attached hydrogens (tertiary/aromatic N) is 1. The van der Waals surface area contributed by atoms with Crippen molar-refractivity contribution in [2.45, 2.75) is 25.1 Å². The molecule has 4 N–H and O–H groups in total. The second-order valence-corrected chi connectivity index (χ2v) is 4.92. The lowest BCUT2D eigenvalue weighted by atomic mass is 10.0. The summed E-state index contributed by atoms with van der Waals surface area (Å²) in [6.45, 7) is 4.10. The predicted molar refractivity (Wildman–Crippen MR) is 73.2 cm³/mol. The molecule has 4 heteroatoms. The van der Waals surface area contributed by atoms with E-state index in [4.69, 9.17) is 5.73 Å². The molecule has 18 heavy (non-hydrogen) atoms. The summed E-state index contributed by atoms with van der Waals surface area (Å²) in [5, 5.41) is 13.5. The fraction of sp³-hybridized carbons (Fsp3) is 0.571. The smallest absolute Gasteiger partial charge is 0.0820 e. The second-order valence-electron chi connectivity index (χ2n) is 4.92. The summed E-state index contributed by atoms with van der Waals surface area (Å²) >= 11 is 0. The Hall–Kier alpha value is -0.940. The van der Waals surface area contributed by atoms with Crippen LogP contribution in [-0.2, 0) is 6.54 Å². The minimum absolute atomic E-state index is 0.194. The molecule has 1 aromatic rings. The van der Waals surface area contributed by atoms with Crippen molar-refractivity contribution < 1.29 is 5.11 Å². The van der Waals surface area contributed by atoms with Crippen LogP contribution in [0.25, 0.3) is 0 Å². The van der Waals surface area contributed by atoms with Gasteiger partial charge < -0.3 is 16.2 Å². The van der Waals surface area contributed by atoms with Crippen molar-refractivity contribution in [3.05, 3.63) is 35.9 Å². The standard InChI is InChI=1S/C14H23N3O/c15-7-9-17-8-6-13(14(18)11-17)16-10-12-4-2-1-3-5-12/h1-5,13-14,16,18H,6-11,15H2/t13-,14-/m0/s1. The Morgan fingerprint density at radius 1 is 1.33 bits per heavy atom. The molecule has 0 aliphatic carbocycles. The zero-order valence-electron chi connectivity index (χ0n) is 10.8. The van der Waals surface area contributed by atoms with Gasteiger partial charge in [-0.3, -0.25) is 4.90 Å². The van der Waals surface area contributed by atoms with Gasteiger partial charge in [0.15, 0.2) is 0 Å². The lowest BCUT2D eigenvalue weighted by Gasteiger charge is -2.36. The molecule has 0 amide bonds. The Labute approximate surface area is 109 Å². The molecule has 1 aliphatic heterocycles. The molecule has 2 atom stereocenters. The van der Waals surface area contributed by atoms with E-state index in [-0.39, 0.29) is 12.1 Å². The maximum absolute atomic E-state index is 10.1. The first-order valence-electron chi connectivity index (χ1n) is 6.67. The number of nitrogens with one attached hydrogen (secondary N) is 1. The van der Waals surface area contributed by atoms with Crippen molar-refractivity contribution >= 4 is 0 Å². The lowest BCUT2D eigenvalue weighted by Crippen LogP contribution is -2.53. The summed E-state index contributed by atoms with van der Waals surface area (Å²) in [6.07, 6.45) is 0.683. The molecule has 0 spiro atoms. The molecule has 1 fully saturated rings. The molecule has 0 saturated carbocycles. The average molecular weight is 249 g/mol. The van der Waals surface area contributed by atoms with Gasteiger partial charge in [-0.2, -0.15) is 0 Å². The number of hydrogen-bond acceptors (Lipinski definition) is 4. The number of β-amino-alcohol motifs (C(OH)–C–C–N with tert-alkyl or cyclic N) is 1. The third-order valence-corrected chi connectivity index (χ3v) is 3.52. The van der Waals surface area contributed by atoms with Gasteiger partial charge in [0.05, 0.1) is 6.10 Å². The van der Waals surface area contributed by atoms with Gasteiger partial charge >= 0.3 is 0 Å². The molecule has 0 unspecified atom stereocenters. The molecule has 4 nitrogen and oxygen atoms in total. The molecule has 1 saturated heterocycles. The molecule has 100 valence electrons. The van der Waals surface area contributed by atoms with Crippen LogP contribution in [0.15, 0.2) is 30.3 Å². The molecule has 1 heterocycles. The van der Waals surface area contributed by atoms with Gasteiger partial charge in [-0.25, -0.2) is 0 Å². The van der Waals surface area contributed by atoms with E-state index < -0.39 is 0 Å². The topological polar surface area (TPSA) is 61.5 Å². The maximum Gasteiger partial charge on any atom is 0.0820 e. The molecule has 0 aromatic heterocycles. The fourth-order valence-corrected chi connectivity index (χ4v) is 2.47. The van der Waals surface area contributed by atoms with Crippen molar-refractivity contribution in [2.75, 3.05) is 26.2 Å². The SMILES string of the molecule is NCCN1CC[C@H](NCc2ccccc2)[C@@H](O)C1. The molecule has 1 aliphatic rings. The van der Waals surface area contributed by atoms with Crippen LogP contribution in [0.5, 0.6) is 0 Å². The quantitative estimate of drug-likeness (QED) is 0.696. The van der Waals surface area contributed by atoms with Gasteiger partial charge in [-0.15, -0.1) is 0 Å². The number of hydrogen-bond donors (Lipinski definition) is 3. The van der Waals surface area contributed by atoms with Crippen LogP contribution in [0.2, 0.25) is 0 Å². The highest BCUT2D eigenvalue weighted by atomic mass is 16.3. The van der Waals surface area contributed by atoms with Crippen molar-refractivity contribution in [2.24, 2.45) is 5.73 Å². The molecule has 1 aromatic carbocycles. The number of piperidine rings is 1. The Bertz CT molecular complexity index is 344. The van der Waals surface area contributed by atoms with E-state index in [0.29, 0.717) is 6.54 Å². The predicted octanol–water partition coefficient (Wildman–Crippen LogP) is 0.170. The van der Waals surface area contributed by atoms with Gasteiger partial charge in [0, 0.05) is 32.2 Å². The first kappa shape index (κ1) is 13.5. The minimum atomic E-state index is -0.297. The molecular formula is C14H23N3O. The highest BCUT2D eigenvalue weighted by Crippen LogP contribution is 2.11. The third kappa shape index (κ3) is 3.78. The Kier molecular flexibility index (Phi) is 5.13. The van der Waals surface area contributed by atoms with Crippen LogP contribution in [0.4, 0.5) is 0 Å². The van der Waals surface area contributed by atoms with E-state index in [9.17, 15) is 5.11 Å². The summed E-state index contributed by atoms with van der Waals surface area (Å²) in [5.41, 5.74) is 6.79. The molecule has 0 bridgehead atoms. The Morgan fingerprint density at radius 3 is 2.78 bits per heavy atom. The van der Waals surface area contributed by atoms with Gasteiger partial charge in [-0.1, -0.05) is 30.3 Å². The van der Waals surface area contributed by atoms with E-state index in [1.807, 2.05) is 18.2 Å². The van der Waals surface area contributed by atoms with Crippen LogP contribution in [-0.4, -0.2) is 48.3 Å². The number of rotatable bonds is 5. The van der Waals surface area contributed by atoms with E-state index in [1.165, 1.54) is 5.56 Å². The van der Waals surface area contributed by atoms with Gasteiger partial charge in [0.25, 0.3) is 0 Å². The van der Waals surface area contributed by atoms with Crippen molar-refractivity contribution in [3.8, 4) is 0 Å². The van der Waals surface area contributed by atoms with Crippen molar-refractivity contribution in [1.82, 2.24) is 10.2 Å². The zero-order valence-corrected chi connectivity index (χ0v) is 10.8. The minimum Gasteiger partial charge on any atom is -0.390 e. The van der Waals surface area contributed by atoms with Crippen LogP contribution < -0.4 is 11.1 Å². The summed E-state index contributed by atoms with van der Waals surface area (Å²) in [6, 6.07) is 10.5. The monoisotopic (exact) mass is 249 g/mol. The first-order valence-corrected chi connectivity index (χ1v) is 6.67. The van der Waals surface area contributed by atoms with Gasteiger partial charge in [0.1, 0.15) is 0 Å². The fourth-order valence-electron chi connectivity index (χ4n) is 2.47. The molecule has 2 rings (SSSR count). The second kappa shape index (κ2) is 6.85. The Balaban J connectivity index is 1.77. The van der Waals surface area contributed by atoms with Crippen LogP contribution in [0.3, 0.4) is 0 Å². The highest BCUT2D eigenvalue weighted by Gasteiger charge is 2.26. The van der Waals surface area contributed by atoms with Gasteiger partial charge in [-0.05, 0) is 18.5 Å². The normalized spacial score (nSPS) is 25.2. The number of aliphatic hydroxyl groups is 1. The molecule has 0 radical (unpaired) electrons. The van der Waals surface area contributed by atoms with Crippen LogP contribution in [0.1, 0.15) is 12.0 Å². The van der Waals surface area contributed by atoms with E-state index >= 15 is 0 Å². The summed E-state index contributed by atoms with van der Waals surface area (Å²) < 4.78 is 0. The number of benzene rings is 1. The molecular weight excluding hydrogens is 226 g/mol. The Morgan fingerprint density at radius 2 is 2.11 bits per heavy atom. The third-order valence-electron chi connectivity index (χ3n) is 3.52. The van der Waals surface area contributed by atoms with E-state index in [2.05, 4.69) is 22.3 Å². The number of nitrogens with two attached hydrogens (primary N) is 1. The zero-order chi connectivity index (χ0) is 12.8. The summed E-state index contributed by atoms with van der Waals surface area (Å²) in [4.78, 5) is 2.23. The summed E-state index contributed by atoms with van der Waals surface area (Å²) in [7, 11) is 0. The van der Waals surface area contributed by atoms with Crippen molar-refractivity contribution in [3.63, 3.8) is 0 Å². The van der Waals surface area contributed by atoms with Crippen LogP contribution in [0, 0.1) is 0 Å². The largest absolute Gasteiger partial charge is 0.390 e. The maximum atomic E-state index is 10.1.